The van der Waals surface area contributed by atoms with Gasteiger partial charge in [-0.15, -0.1) is 0 Å². The largest absolute Gasteiger partial charge is 0.295 e. The van der Waals surface area contributed by atoms with E-state index in [4.69, 9.17) is 0 Å². The maximum Gasteiger partial charge on any atom is 0.156 e. The van der Waals surface area contributed by atoms with Crippen LogP contribution in [-0.2, 0) is 4.79 Å². The first kappa shape index (κ1) is 15.4. The highest BCUT2D eigenvalue weighted by Gasteiger charge is 2.49. The van der Waals surface area contributed by atoms with Gasteiger partial charge in [0, 0.05) is 6.42 Å². The lowest BCUT2D eigenvalue weighted by Gasteiger charge is -2.48. The number of carbonyl (C=O) groups excluding carboxylic acids is 1. The van der Waals surface area contributed by atoms with Gasteiger partial charge in [-0.3, -0.25) is 4.79 Å². The number of ketones is 1. The average molecular weight is 310 g/mol. The molecule has 0 aromatic heterocycles. The van der Waals surface area contributed by atoms with E-state index < -0.39 is 0 Å². The molecule has 0 radical (unpaired) electrons. The zero-order valence-electron chi connectivity index (χ0n) is 14.8. The minimum absolute atomic E-state index is 0.354. The Morgan fingerprint density at radius 1 is 1.22 bits per heavy atom. The van der Waals surface area contributed by atoms with Crippen molar-refractivity contribution in [2.24, 2.45) is 17.3 Å². The van der Waals surface area contributed by atoms with Gasteiger partial charge in [0.05, 0.1) is 0 Å². The maximum absolute atomic E-state index is 11.7. The Balaban J connectivity index is 1.63. The van der Waals surface area contributed by atoms with Crippen molar-refractivity contribution in [3.63, 3.8) is 0 Å². The van der Waals surface area contributed by atoms with E-state index in [1.165, 1.54) is 50.5 Å². The lowest BCUT2D eigenvalue weighted by atomic mass is 9.56. The van der Waals surface area contributed by atoms with Gasteiger partial charge in [-0.05, 0) is 85.8 Å². The Bertz CT molecular complexity index is 618. The topological polar surface area (TPSA) is 17.1 Å². The molecule has 4 rings (SSSR count). The molecule has 1 heteroatoms. The minimum Gasteiger partial charge on any atom is -0.295 e. The van der Waals surface area contributed by atoms with Gasteiger partial charge >= 0.3 is 0 Å². The summed E-state index contributed by atoms with van der Waals surface area (Å²) in [5.74, 6) is 1.99. The van der Waals surface area contributed by atoms with Crippen LogP contribution in [0.25, 0.3) is 0 Å². The molecular weight excluding hydrogens is 280 g/mol. The number of fused-ring (bicyclic) bond motifs is 4. The van der Waals surface area contributed by atoms with E-state index in [2.05, 4.69) is 19.9 Å². The Kier molecular flexibility index (Phi) is 3.86. The lowest BCUT2D eigenvalue weighted by molar-refractivity contribution is -0.114. The number of hydrogen-bond acceptors (Lipinski definition) is 1. The quantitative estimate of drug-likeness (QED) is 0.591. The number of allylic oxidation sites excluding steroid dienone is 6. The zero-order chi connectivity index (χ0) is 16.0. The van der Waals surface area contributed by atoms with Crippen molar-refractivity contribution in [3.8, 4) is 0 Å². The van der Waals surface area contributed by atoms with Gasteiger partial charge in [0.1, 0.15) is 0 Å². The molecule has 0 bridgehead atoms. The Morgan fingerprint density at radius 2 is 2.09 bits per heavy atom. The van der Waals surface area contributed by atoms with Crippen LogP contribution in [0.3, 0.4) is 0 Å². The smallest absolute Gasteiger partial charge is 0.156 e. The van der Waals surface area contributed by atoms with Crippen molar-refractivity contribution < 1.29 is 4.79 Å². The SMILES string of the molecule is CCCCC1=CC[C@H]2[C@@H]3CCC4=CC(=O)CCC4=C3CC[C@]12C. The van der Waals surface area contributed by atoms with Gasteiger partial charge in [0.15, 0.2) is 5.78 Å². The van der Waals surface area contributed by atoms with E-state index in [1.807, 2.05) is 6.08 Å². The second kappa shape index (κ2) is 5.76. The standard InChI is InChI=1S/C22H30O/c1-3-4-5-16-7-11-21-20-9-6-15-14-17(23)8-10-18(15)19(20)12-13-22(16,21)2/h7,14,20-21H,3-6,8-13H2,1-2H3/t20-,21+,22-/m1/s1. The van der Waals surface area contributed by atoms with E-state index in [-0.39, 0.29) is 0 Å². The Hall–Kier alpha value is -1.11. The van der Waals surface area contributed by atoms with Crippen LogP contribution < -0.4 is 0 Å². The minimum atomic E-state index is 0.354. The summed E-state index contributed by atoms with van der Waals surface area (Å²) in [5.41, 5.74) is 6.99. The fraction of sp³-hybridized carbons (Fsp3) is 0.682. The van der Waals surface area contributed by atoms with Crippen LogP contribution in [0.4, 0.5) is 0 Å². The summed E-state index contributed by atoms with van der Waals surface area (Å²) >= 11 is 0. The second-order valence-electron chi connectivity index (χ2n) is 8.38. The third kappa shape index (κ3) is 2.39. The number of rotatable bonds is 3. The average Bonchev–Trinajstić information content (AvgIpc) is 2.89. The monoisotopic (exact) mass is 310 g/mol. The summed E-state index contributed by atoms with van der Waals surface area (Å²) in [5, 5.41) is 0. The van der Waals surface area contributed by atoms with Crippen LogP contribution in [0.1, 0.15) is 78.1 Å². The van der Waals surface area contributed by atoms with E-state index in [9.17, 15) is 4.79 Å². The van der Waals surface area contributed by atoms with Crippen molar-refractivity contribution >= 4 is 5.78 Å². The van der Waals surface area contributed by atoms with Crippen LogP contribution >= 0.6 is 0 Å². The summed E-state index contributed by atoms with van der Waals surface area (Å²) < 4.78 is 0. The van der Waals surface area contributed by atoms with Gasteiger partial charge in [0.2, 0.25) is 0 Å². The Labute approximate surface area is 140 Å². The van der Waals surface area contributed by atoms with Crippen LogP contribution in [0.15, 0.2) is 34.4 Å². The maximum atomic E-state index is 11.7. The predicted molar refractivity (Wildman–Crippen MR) is 95.1 cm³/mol. The third-order valence-electron chi connectivity index (χ3n) is 7.27. The predicted octanol–water partition coefficient (Wildman–Crippen LogP) is 5.92. The molecule has 4 aliphatic rings. The van der Waals surface area contributed by atoms with Gasteiger partial charge in [-0.2, -0.15) is 0 Å². The van der Waals surface area contributed by atoms with E-state index in [0.29, 0.717) is 11.2 Å². The summed E-state index contributed by atoms with van der Waals surface area (Å²) in [6, 6.07) is 0. The lowest BCUT2D eigenvalue weighted by Crippen LogP contribution is -2.38. The highest BCUT2D eigenvalue weighted by Crippen LogP contribution is 2.60. The van der Waals surface area contributed by atoms with Crippen molar-refractivity contribution in [1.29, 1.82) is 0 Å². The molecule has 124 valence electrons. The first-order valence-electron chi connectivity index (χ1n) is 9.78. The molecule has 0 aliphatic heterocycles. The molecule has 0 unspecified atom stereocenters. The van der Waals surface area contributed by atoms with Crippen molar-refractivity contribution in [2.45, 2.75) is 78.1 Å². The fourth-order valence-electron chi connectivity index (χ4n) is 5.95. The molecule has 1 nitrogen and oxygen atoms in total. The van der Waals surface area contributed by atoms with Crippen molar-refractivity contribution in [1.82, 2.24) is 0 Å². The zero-order valence-corrected chi connectivity index (χ0v) is 14.8. The molecule has 0 aromatic rings. The van der Waals surface area contributed by atoms with E-state index in [1.54, 1.807) is 16.7 Å². The van der Waals surface area contributed by atoms with Crippen LogP contribution in [0.2, 0.25) is 0 Å². The summed E-state index contributed by atoms with van der Waals surface area (Å²) in [7, 11) is 0. The van der Waals surface area contributed by atoms with E-state index in [0.717, 1.165) is 31.1 Å². The van der Waals surface area contributed by atoms with Crippen molar-refractivity contribution in [2.75, 3.05) is 0 Å². The molecule has 1 fully saturated rings. The molecular formula is C22H30O. The molecule has 0 N–H and O–H groups in total. The molecule has 0 amide bonds. The highest BCUT2D eigenvalue weighted by atomic mass is 16.1. The molecule has 4 aliphatic carbocycles. The molecule has 0 spiro atoms. The first-order valence-corrected chi connectivity index (χ1v) is 9.78. The van der Waals surface area contributed by atoms with Crippen molar-refractivity contribution in [3.05, 3.63) is 34.4 Å². The summed E-state index contributed by atoms with van der Waals surface area (Å²) in [6.45, 7) is 4.86. The highest BCUT2D eigenvalue weighted by molar-refractivity contribution is 5.93. The van der Waals surface area contributed by atoms with Gasteiger partial charge in [-0.1, -0.05) is 37.5 Å². The van der Waals surface area contributed by atoms with Crippen LogP contribution in [-0.4, -0.2) is 5.78 Å². The molecule has 0 heterocycles. The fourth-order valence-corrected chi connectivity index (χ4v) is 5.95. The summed E-state index contributed by atoms with van der Waals surface area (Å²) in [6.07, 6.45) is 16.7. The van der Waals surface area contributed by atoms with Gasteiger partial charge < -0.3 is 0 Å². The molecule has 3 atom stereocenters. The second-order valence-corrected chi connectivity index (χ2v) is 8.38. The van der Waals surface area contributed by atoms with Gasteiger partial charge in [-0.25, -0.2) is 0 Å². The molecule has 1 saturated carbocycles. The molecule has 0 aromatic carbocycles. The Morgan fingerprint density at radius 3 is 2.91 bits per heavy atom. The first-order chi connectivity index (χ1) is 11.1. The van der Waals surface area contributed by atoms with Crippen LogP contribution in [0.5, 0.6) is 0 Å². The molecule has 23 heavy (non-hydrogen) atoms. The third-order valence-corrected chi connectivity index (χ3v) is 7.27. The number of carbonyl (C=O) groups is 1. The van der Waals surface area contributed by atoms with Gasteiger partial charge in [0.25, 0.3) is 0 Å². The number of unbranched alkanes of at least 4 members (excludes halogenated alkanes) is 1. The normalized spacial score (nSPS) is 36.2. The van der Waals surface area contributed by atoms with Crippen LogP contribution in [0, 0.1) is 17.3 Å². The summed E-state index contributed by atoms with van der Waals surface area (Å²) in [4.78, 5) is 11.7. The van der Waals surface area contributed by atoms with E-state index >= 15 is 0 Å². The molecule has 0 saturated heterocycles. The number of hydrogen-bond donors (Lipinski definition) is 0.